The lowest BCUT2D eigenvalue weighted by molar-refractivity contribution is -0.142. The summed E-state index contributed by atoms with van der Waals surface area (Å²) in [7, 11) is 0. The Morgan fingerprint density at radius 1 is 1.17 bits per heavy atom. The minimum atomic E-state index is -1.14. The lowest BCUT2D eigenvalue weighted by atomic mass is 9.94. The van der Waals surface area contributed by atoms with E-state index < -0.39 is 35.6 Å². The zero-order valence-electron chi connectivity index (χ0n) is 22.4. The number of alkyl carbamates (subject to hydrolysis) is 1. The fourth-order valence-corrected chi connectivity index (χ4v) is 3.67. The number of unbranched alkanes of at least 4 members (excludes halogenated alkanes) is 2. The van der Waals surface area contributed by atoms with Crippen molar-refractivity contribution in [1.29, 1.82) is 5.26 Å². The number of benzene rings is 1. The number of hydrogen-bond donors (Lipinski definition) is 2. The lowest BCUT2D eigenvalue weighted by Gasteiger charge is -2.35. The first-order chi connectivity index (χ1) is 17.0. The van der Waals surface area contributed by atoms with Gasteiger partial charge in [-0.05, 0) is 44.7 Å². The lowest BCUT2D eigenvalue weighted by Crippen LogP contribution is -2.55. The molecule has 0 radical (unpaired) electrons. The van der Waals surface area contributed by atoms with E-state index in [0.717, 1.165) is 19.3 Å². The minimum absolute atomic E-state index is 0.289. The molecule has 0 heterocycles. The van der Waals surface area contributed by atoms with Crippen molar-refractivity contribution in [2.75, 3.05) is 13.1 Å². The van der Waals surface area contributed by atoms with Gasteiger partial charge in [0.2, 0.25) is 11.8 Å². The molecule has 0 aliphatic carbocycles. The average Bonchev–Trinajstić information content (AvgIpc) is 2.83. The Bertz CT molecular complexity index is 971. The number of terminal acetylenes is 1. The topological polar surface area (TPSA) is 112 Å². The molecule has 1 aromatic rings. The van der Waals surface area contributed by atoms with Gasteiger partial charge in [0, 0.05) is 12.1 Å². The second-order valence-corrected chi connectivity index (χ2v) is 9.77. The van der Waals surface area contributed by atoms with Gasteiger partial charge in [-0.2, -0.15) is 5.26 Å². The van der Waals surface area contributed by atoms with Crippen LogP contribution >= 0.6 is 0 Å². The molecule has 3 amide bonds. The molecule has 36 heavy (non-hydrogen) atoms. The largest absolute Gasteiger partial charge is 0.444 e. The zero-order valence-corrected chi connectivity index (χ0v) is 22.4. The number of carbonyl (C=O) groups excluding carboxylic acids is 3. The molecule has 0 saturated carbocycles. The van der Waals surface area contributed by atoms with Crippen LogP contribution in [0.15, 0.2) is 24.3 Å². The number of ether oxygens (including phenoxy) is 1. The fourth-order valence-electron chi connectivity index (χ4n) is 3.67. The van der Waals surface area contributed by atoms with Crippen LogP contribution in [0.2, 0.25) is 0 Å². The van der Waals surface area contributed by atoms with Crippen LogP contribution in [0.1, 0.15) is 84.4 Å². The molecule has 0 aliphatic heterocycles. The summed E-state index contributed by atoms with van der Waals surface area (Å²) in [5, 5.41) is 15.2. The van der Waals surface area contributed by atoms with E-state index in [-0.39, 0.29) is 12.5 Å². The van der Waals surface area contributed by atoms with Gasteiger partial charge < -0.3 is 20.3 Å². The van der Waals surface area contributed by atoms with Gasteiger partial charge in [-0.25, -0.2) is 4.79 Å². The summed E-state index contributed by atoms with van der Waals surface area (Å²) in [6.45, 7) is 11.0. The molecule has 8 nitrogen and oxygen atoms in total. The summed E-state index contributed by atoms with van der Waals surface area (Å²) in [4.78, 5) is 41.1. The molecule has 196 valence electrons. The summed E-state index contributed by atoms with van der Waals surface area (Å²) < 4.78 is 5.37. The number of nitriles is 1. The van der Waals surface area contributed by atoms with Crippen LogP contribution in [0, 0.1) is 29.6 Å². The number of nitrogens with zero attached hydrogens (tertiary/aromatic N) is 2. The molecular formula is C28H40N4O4. The number of nitrogens with one attached hydrogen (secondary N) is 2. The third-order valence-electron chi connectivity index (χ3n) is 5.73. The molecule has 3 atom stereocenters. The van der Waals surface area contributed by atoms with Crippen LogP contribution in [0.4, 0.5) is 4.79 Å². The molecule has 2 N–H and O–H groups in total. The van der Waals surface area contributed by atoms with Gasteiger partial charge in [0.25, 0.3) is 0 Å². The summed E-state index contributed by atoms with van der Waals surface area (Å²) in [5.74, 6) is 1.29. The summed E-state index contributed by atoms with van der Waals surface area (Å²) in [6.07, 6.45) is 8.26. The average molecular weight is 497 g/mol. The van der Waals surface area contributed by atoms with Gasteiger partial charge in [0.15, 0.2) is 0 Å². The number of amides is 3. The van der Waals surface area contributed by atoms with Crippen LogP contribution in [-0.4, -0.2) is 47.5 Å². The Kier molecular flexibility index (Phi) is 12.5. The molecule has 0 fully saturated rings. The maximum Gasteiger partial charge on any atom is 0.408 e. The van der Waals surface area contributed by atoms with Crippen molar-refractivity contribution in [2.24, 2.45) is 5.92 Å². The fraction of sp³-hybridized carbons (Fsp3) is 0.571. The van der Waals surface area contributed by atoms with Crippen molar-refractivity contribution in [3.05, 3.63) is 35.4 Å². The van der Waals surface area contributed by atoms with E-state index in [1.54, 1.807) is 45.0 Å². The molecular weight excluding hydrogens is 456 g/mol. The van der Waals surface area contributed by atoms with E-state index in [4.69, 9.17) is 11.2 Å². The van der Waals surface area contributed by atoms with Crippen LogP contribution in [-0.2, 0) is 14.3 Å². The highest BCUT2D eigenvalue weighted by Crippen LogP contribution is 2.27. The molecule has 1 rings (SSSR count). The van der Waals surface area contributed by atoms with Gasteiger partial charge >= 0.3 is 6.09 Å². The Labute approximate surface area is 215 Å². The van der Waals surface area contributed by atoms with Crippen LogP contribution in [0.3, 0.4) is 0 Å². The van der Waals surface area contributed by atoms with E-state index in [1.165, 1.54) is 4.90 Å². The van der Waals surface area contributed by atoms with Crippen molar-refractivity contribution in [3.63, 3.8) is 0 Å². The van der Waals surface area contributed by atoms with Crippen molar-refractivity contribution in [3.8, 4) is 18.4 Å². The molecule has 8 heteroatoms. The van der Waals surface area contributed by atoms with E-state index in [2.05, 4.69) is 23.5 Å². The summed E-state index contributed by atoms with van der Waals surface area (Å²) in [6, 6.07) is 6.70. The van der Waals surface area contributed by atoms with Crippen molar-refractivity contribution < 1.29 is 19.1 Å². The monoisotopic (exact) mass is 496 g/mol. The molecule has 0 aromatic heterocycles. The number of hydrogen-bond acceptors (Lipinski definition) is 5. The first kappa shape index (κ1) is 30.5. The maximum absolute atomic E-state index is 13.9. The standard InChI is InChI=1S/C28H40N4O4/c1-8-11-14-18-30-25(33)24(22-16-13-12-15-21(22)10-3)32(19-17-29)26(34)23(20(4)9-2)31-27(35)36-28(5,6)7/h3,12-13,15-16,20,23-24H,8-9,11,14,18-19H2,1-2,4-7H3,(H,30,33)(H,31,35). The van der Waals surface area contributed by atoms with Crippen LogP contribution in [0.25, 0.3) is 0 Å². The van der Waals surface area contributed by atoms with Gasteiger partial charge in [-0.3, -0.25) is 9.59 Å². The van der Waals surface area contributed by atoms with Crippen LogP contribution < -0.4 is 10.6 Å². The highest BCUT2D eigenvalue weighted by molar-refractivity contribution is 5.92. The molecule has 0 aliphatic rings. The van der Waals surface area contributed by atoms with E-state index >= 15 is 0 Å². The summed E-state index contributed by atoms with van der Waals surface area (Å²) >= 11 is 0. The molecule has 0 spiro atoms. The molecule has 3 unspecified atom stereocenters. The van der Waals surface area contributed by atoms with Gasteiger partial charge in [0.1, 0.15) is 24.2 Å². The van der Waals surface area contributed by atoms with Crippen LogP contribution in [0.5, 0.6) is 0 Å². The predicted octanol–water partition coefficient (Wildman–Crippen LogP) is 4.31. The molecule has 1 aromatic carbocycles. The first-order valence-corrected chi connectivity index (χ1v) is 12.5. The quantitative estimate of drug-likeness (QED) is 0.254. The third-order valence-corrected chi connectivity index (χ3v) is 5.73. The predicted molar refractivity (Wildman–Crippen MR) is 140 cm³/mol. The highest BCUT2D eigenvalue weighted by Gasteiger charge is 2.38. The number of carbonyl (C=O) groups is 3. The second-order valence-electron chi connectivity index (χ2n) is 9.77. The Hall–Kier alpha value is -3.52. The second kappa shape index (κ2) is 14.8. The Balaban J connectivity index is 3.49. The van der Waals surface area contributed by atoms with Crippen molar-refractivity contribution in [2.45, 2.75) is 84.9 Å². The smallest absolute Gasteiger partial charge is 0.408 e. The minimum Gasteiger partial charge on any atom is -0.444 e. The first-order valence-electron chi connectivity index (χ1n) is 12.5. The Morgan fingerprint density at radius 3 is 2.39 bits per heavy atom. The van der Waals surface area contributed by atoms with E-state index in [0.29, 0.717) is 24.1 Å². The molecule has 0 bridgehead atoms. The van der Waals surface area contributed by atoms with E-state index in [1.807, 2.05) is 19.9 Å². The van der Waals surface area contributed by atoms with Crippen molar-refractivity contribution in [1.82, 2.24) is 15.5 Å². The normalized spacial score (nSPS) is 13.3. The third kappa shape index (κ3) is 9.26. The number of rotatable bonds is 12. The summed E-state index contributed by atoms with van der Waals surface area (Å²) in [5.41, 5.74) is 0.130. The highest BCUT2D eigenvalue weighted by atomic mass is 16.6. The van der Waals surface area contributed by atoms with Gasteiger partial charge in [0.05, 0.1) is 6.07 Å². The van der Waals surface area contributed by atoms with Crippen molar-refractivity contribution >= 4 is 17.9 Å². The maximum atomic E-state index is 13.9. The van der Waals surface area contributed by atoms with Gasteiger partial charge in [-0.15, -0.1) is 6.42 Å². The van der Waals surface area contributed by atoms with E-state index in [9.17, 15) is 19.6 Å². The molecule has 0 saturated heterocycles. The van der Waals surface area contributed by atoms with Gasteiger partial charge in [-0.1, -0.05) is 64.2 Å². The SMILES string of the molecule is C#Cc1ccccc1C(C(=O)NCCCCC)N(CC#N)C(=O)C(NC(=O)OC(C)(C)C)C(C)CC. The Morgan fingerprint density at radius 2 is 1.83 bits per heavy atom. The zero-order chi connectivity index (χ0) is 27.3.